The molecule has 1 unspecified atom stereocenters. The predicted molar refractivity (Wildman–Crippen MR) is 147 cm³/mol. The number of carbonyl (C=O) groups excluding carboxylic acids is 1. The highest BCUT2D eigenvalue weighted by molar-refractivity contribution is 6.09. The molecule has 2 N–H and O–H groups in total. The zero-order chi connectivity index (χ0) is 26.0. The number of benzene rings is 2. The third kappa shape index (κ3) is 7.24. The van der Waals surface area contributed by atoms with E-state index in [1.54, 1.807) is 12.4 Å². The van der Waals surface area contributed by atoms with Crippen LogP contribution in [0.2, 0.25) is 0 Å². The Balaban J connectivity index is 1.46. The van der Waals surface area contributed by atoms with Crippen molar-refractivity contribution in [2.45, 2.75) is 59.3 Å². The predicted octanol–water partition coefficient (Wildman–Crippen LogP) is 5.75. The fourth-order valence-corrected chi connectivity index (χ4v) is 4.72. The van der Waals surface area contributed by atoms with Crippen LogP contribution in [0.15, 0.2) is 73.3 Å². The minimum absolute atomic E-state index is 0.0577. The van der Waals surface area contributed by atoms with Gasteiger partial charge in [0.25, 0.3) is 0 Å². The number of nitrogens with zero attached hydrogens (tertiary/aromatic N) is 4. The van der Waals surface area contributed by atoms with Crippen LogP contribution in [0.5, 0.6) is 0 Å². The summed E-state index contributed by atoms with van der Waals surface area (Å²) in [5.74, 6) is 1.87. The van der Waals surface area contributed by atoms with Gasteiger partial charge >= 0.3 is 0 Å². The van der Waals surface area contributed by atoms with Gasteiger partial charge in [0.05, 0.1) is 12.6 Å². The number of hydrogen-bond donors (Lipinski definition) is 2. The van der Waals surface area contributed by atoms with Crippen molar-refractivity contribution in [2.24, 2.45) is 0 Å². The van der Waals surface area contributed by atoms with E-state index in [1.165, 1.54) is 5.56 Å². The lowest BCUT2D eigenvalue weighted by molar-refractivity contribution is 0.103. The van der Waals surface area contributed by atoms with Gasteiger partial charge in [-0.1, -0.05) is 56.3 Å². The number of hydrogen-bond acceptors (Lipinski definition) is 5. The molecule has 7 heteroatoms. The van der Waals surface area contributed by atoms with Gasteiger partial charge in [0.15, 0.2) is 5.78 Å². The van der Waals surface area contributed by atoms with Gasteiger partial charge in [-0.05, 0) is 50.0 Å². The van der Waals surface area contributed by atoms with Crippen LogP contribution in [-0.4, -0.2) is 48.6 Å². The summed E-state index contributed by atoms with van der Waals surface area (Å²) in [4.78, 5) is 33.3. The van der Waals surface area contributed by atoms with Gasteiger partial charge in [-0.15, -0.1) is 0 Å². The molecule has 7 nitrogen and oxygen atoms in total. The second-order valence-corrected chi connectivity index (χ2v) is 9.59. The Morgan fingerprint density at radius 2 is 1.57 bits per heavy atom. The molecule has 194 valence electrons. The number of carbonyl (C=O) groups is 1. The SMILES string of the molecule is CCCN(CCC)Cc1cccc(C(=O)c2ccc(CN(Cc3ncc[nH]3)C(C)c3ncc[nH]3)cc2)c1. The highest BCUT2D eigenvalue weighted by Gasteiger charge is 2.20. The molecule has 0 aliphatic carbocycles. The van der Waals surface area contributed by atoms with Gasteiger partial charge in [-0.2, -0.15) is 0 Å². The molecule has 0 aliphatic rings. The van der Waals surface area contributed by atoms with Gasteiger partial charge in [-0.25, -0.2) is 9.97 Å². The number of imidazole rings is 2. The second-order valence-electron chi connectivity index (χ2n) is 9.59. The largest absolute Gasteiger partial charge is 0.348 e. The van der Waals surface area contributed by atoms with E-state index in [0.29, 0.717) is 18.7 Å². The molecule has 0 saturated carbocycles. The minimum Gasteiger partial charge on any atom is -0.348 e. The van der Waals surface area contributed by atoms with Crippen molar-refractivity contribution in [3.05, 3.63) is 107 Å². The standard InChI is InChI=1S/C30H38N6O/c1-4-17-35(18-5-2)20-25-7-6-8-27(19-25)29(37)26-11-9-24(10-12-26)21-36(22-28-31-13-14-32-28)23(3)30-33-15-16-34-30/h6-16,19,23H,4-5,17-18,20-22H2,1-3H3,(H,31,32)(H,33,34). The van der Waals surface area contributed by atoms with E-state index in [1.807, 2.05) is 54.9 Å². The average Bonchev–Trinajstić information content (AvgIpc) is 3.63. The second kappa shape index (κ2) is 13.1. The summed E-state index contributed by atoms with van der Waals surface area (Å²) in [6.45, 7) is 10.9. The van der Waals surface area contributed by atoms with E-state index in [2.05, 4.69) is 56.6 Å². The molecular formula is C30H38N6O. The Hall–Kier alpha value is -3.55. The molecule has 0 aliphatic heterocycles. The molecule has 0 amide bonds. The van der Waals surface area contributed by atoms with Crippen molar-refractivity contribution in [1.29, 1.82) is 0 Å². The van der Waals surface area contributed by atoms with E-state index in [0.717, 1.165) is 55.3 Å². The molecule has 37 heavy (non-hydrogen) atoms. The Labute approximate surface area is 220 Å². The molecule has 4 aromatic rings. The van der Waals surface area contributed by atoms with Crippen molar-refractivity contribution in [1.82, 2.24) is 29.7 Å². The maximum atomic E-state index is 13.3. The fourth-order valence-electron chi connectivity index (χ4n) is 4.72. The van der Waals surface area contributed by atoms with Crippen LogP contribution in [0, 0.1) is 0 Å². The van der Waals surface area contributed by atoms with E-state index in [-0.39, 0.29) is 11.8 Å². The number of nitrogens with one attached hydrogen (secondary N) is 2. The van der Waals surface area contributed by atoms with Crippen LogP contribution in [0.1, 0.15) is 78.4 Å². The molecule has 1 atom stereocenters. The molecule has 2 heterocycles. The van der Waals surface area contributed by atoms with E-state index >= 15 is 0 Å². The van der Waals surface area contributed by atoms with Crippen molar-refractivity contribution < 1.29 is 4.79 Å². The van der Waals surface area contributed by atoms with Gasteiger partial charge in [-0.3, -0.25) is 14.6 Å². The first kappa shape index (κ1) is 26.5. The summed E-state index contributed by atoms with van der Waals surface area (Å²) in [6.07, 6.45) is 9.49. The lowest BCUT2D eigenvalue weighted by Gasteiger charge is -2.27. The maximum absolute atomic E-state index is 13.3. The van der Waals surface area contributed by atoms with E-state index < -0.39 is 0 Å². The summed E-state index contributed by atoms with van der Waals surface area (Å²) in [5, 5.41) is 0. The number of rotatable bonds is 14. The van der Waals surface area contributed by atoms with Crippen molar-refractivity contribution in [3.8, 4) is 0 Å². The van der Waals surface area contributed by atoms with Gasteiger partial charge in [0.2, 0.25) is 0 Å². The molecular weight excluding hydrogens is 460 g/mol. The third-order valence-electron chi connectivity index (χ3n) is 6.65. The first-order valence-electron chi connectivity index (χ1n) is 13.2. The zero-order valence-corrected chi connectivity index (χ0v) is 22.2. The average molecular weight is 499 g/mol. The fraction of sp³-hybridized carbons (Fsp3) is 0.367. The number of aromatic nitrogens is 4. The summed E-state index contributed by atoms with van der Waals surface area (Å²) in [5.41, 5.74) is 3.76. The number of ketones is 1. The molecule has 2 aromatic heterocycles. The first-order chi connectivity index (χ1) is 18.1. The lowest BCUT2D eigenvalue weighted by atomic mass is 10.00. The third-order valence-corrected chi connectivity index (χ3v) is 6.65. The normalized spacial score (nSPS) is 12.4. The Morgan fingerprint density at radius 1 is 0.838 bits per heavy atom. The Kier molecular flexibility index (Phi) is 9.40. The Bertz CT molecular complexity index is 1210. The van der Waals surface area contributed by atoms with E-state index in [9.17, 15) is 4.79 Å². The highest BCUT2D eigenvalue weighted by Crippen LogP contribution is 2.22. The number of H-pyrrole nitrogens is 2. The van der Waals surface area contributed by atoms with Crippen molar-refractivity contribution >= 4 is 5.78 Å². The minimum atomic E-state index is 0.0577. The molecule has 0 bridgehead atoms. The van der Waals surface area contributed by atoms with Gasteiger partial charge in [0.1, 0.15) is 11.6 Å². The molecule has 2 aromatic carbocycles. The zero-order valence-electron chi connectivity index (χ0n) is 22.2. The van der Waals surface area contributed by atoms with Crippen LogP contribution in [-0.2, 0) is 19.6 Å². The topological polar surface area (TPSA) is 80.9 Å². The summed E-state index contributed by atoms with van der Waals surface area (Å²) < 4.78 is 0. The first-order valence-corrected chi connectivity index (χ1v) is 13.2. The lowest BCUT2D eigenvalue weighted by Crippen LogP contribution is -2.27. The summed E-state index contributed by atoms with van der Waals surface area (Å²) in [7, 11) is 0. The molecule has 4 rings (SSSR count). The molecule has 0 radical (unpaired) electrons. The summed E-state index contributed by atoms with van der Waals surface area (Å²) >= 11 is 0. The number of aromatic amines is 2. The van der Waals surface area contributed by atoms with Crippen molar-refractivity contribution in [2.75, 3.05) is 13.1 Å². The molecule has 0 fully saturated rings. The summed E-state index contributed by atoms with van der Waals surface area (Å²) in [6, 6.07) is 16.1. The highest BCUT2D eigenvalue weighted by atomic mass is 16.1. The van der Waals surface area contributed by atoms with Crippen LogP contribution in [0.3, 0.4) is 0 Å². The maximum Gasteiger partial charge on any atom is 0.193 e. The van der Waals surface area contributed by atoms with E-state index in [4.69, 9.17) is 0 Å². The van der Waals surface area contributed by atoms with Gasteiger partial charge < -0.3 is 9.97 Å². The molecule has 0 spiro atoms. The van der Waals surface area contributed by atoms with Crippen LogP contribution < -0.4 is 0 Å². The van der Waals surface area contributed by atoms with Crippen LogP contribution in [0.25, 0.3) is 0 Å². The van der Waals surface area contributed by atoms with Gasteiger partial charge in [0, 0.05) is 49.0 Å². The monoisotopic (exact) mass is 498 g/mol. The van der Waals surface area contributed by atoms with Crippen molar-refractivity contribution in [3.63, 3.8) is 0 Å². The van der Waals surface area contributed by atoms with Crippen LogP contribution >= 0.6 is 0 Å². The van der Waals surface area contributed by atoms with Crippen LogP contribution in [0.4, 0.5) is 0 Å². The smallest absolute Gasteiger partial charge is 0.193 e. The quantitative estimate of drug-likeness (QED) is 0.216. The molecule has 0 saturated heterocycles. The Morgan fingerprint density at radius 3 is 2.22 bits per heavy atom.